The van der Waals surface area contributed by atoms with Gasteiger partial charge in [-0.2, -0.15) is 0 Å². The fourth-order valence-corrected chi connectivity index (χ4v) is 3.40. The third-order valence-corrected chi connectivity index (χ3v) is 4.69. The SMILES string of the molecule is O=C(COc1ccccc1)N1CC2(C[C@H](Oc3cnccn3)CCO2)C1. The van der Waals surface area contributed by atoms with Gasteiger partial charge in [-0.25, -0.2) is 4.98 Å². The fourth-order valence-electron chi connectivity index (χ4n) is 3.40. The second kappa shape index (κ2) is 7.29. The average molecular weight is 355 g/mol. The first-order valence-corrected chi connectivity index (χ1v) is 8.75. The molecule has 0 N–H and O–H groups in total. The quantitative estimate of drug-likeness (QED) is 0.813. The van der Waals surface area contributed by atoms with E-state index < -0.39 is 0 Å². The summed E-state index contributed by atoms with van der Waals surface area (Å²) in [6.45, 7) is 1.81. The molecule has 0 unspecified atom stereocenters. The number of ether oxygens (including phenoxy) is 3. The molecule has 0 bridgehead atoms. The van der Waals surface area contributed by atoms with Crippen molar-refractivity contribution in [1.82, 2.24) is 14.9 Å². The predicted molar refractivity (Wildman–Crippen MR) is 92.9 cm³/mol. The van der Waals surface area contributed by atoms with Crippen molar-refractivity contribution in [3.8, 4) is 11.6 Å². The first-order chi connectivity index (χ1) is 12.7. The van der Waals surface area contributed by atoms with Crippen LogP contribution < -0.4 is 9.47 Å². The van der Waals surface area contributed by atoms with E-state index in [4.69, 9.17) is 14.2 Å². The summed E-state index contributed by atoms with van der Waals surface area (Å²) in [5, 5.41) is 0. The van der Waals surface area contributed by atoms with Gasteiger partial charge in [0.05, 0.1) is 25.9 Å². The summed E-state index contributed by atoms with van der Waals surface area (Å²) in [6, 6.07) is 9.35. The minimum atomic E-state index is -0.312. The topological polar surface area (TPSA) is 73.8 Å². The number of amides is 1. The van der Waals surface area contributed by atoms with Gasteiger partial charge in [-0.3, -0.25) is 9.78 Å². The molecular weight excluding hydrogens is 334 g/mol. The molecule has 136 valence electrons. The van der Waals surface area contributed by atoms with E-state index in [2.05, 4.69) is 9.97 Å². The van der Waals surface area contributed by atoms with Crippen molar-refractivity contribution in [2.75, 3.05) is 26.3 Å². The Morgan fingerprint density at radius 2 is 2.12 bits per heavy atom. The van der Waals surface area contributed by atoms with Crippen LogP contribution in [0.25, 0.3) is 0 Å². The summed E-state index contributed by atoms with van der Waals surface area (Å²) in [4.78, 5) is 22.2. The summed E-state index contributed by atoms with van der Waals surface area (Å²) in [5.41, 5.74) is -0.312. The normalized spacial score (nSPS) is 21.1. The zero-order chi connectivity index (χ0) is 17.8. The molecule has 1 atom stereocenters. The van der Waals surface area contributed by atoms with Crippen LogP contribution in [0.3, 0.4) is 0 Å². The van der Waals surface area contributed by atoms with E-state index in [0.717, 1.165) is 12.8 Å². The van der Waals surface area contributed by atoms with Gasteiger partial charge in [0, 0.05) is 25.2 Å². The summed E-state index contributed by atoms with van der Waals surface area (Å²) in [7, 11) is 0. The number of carbonyl (C=O) groups excluding carboxylic acids is 1. The first kappa shape index (κ1) is 16.8. The lowest BCUT2D eigenvalue weighted by molar-refractivity contribution is -0.194. The van der Waals surface area contributed by atoms with E-state index in [0.29, 0.717) is 31.3 Å². The smallest absolute Gasteiger partial charge is 0.260 e. The molecule has 3 heterocycles. The van der Waals surface area contributed by atoms with E-state index in [1.54, 1.807) is 23.5 Å². The lowest BCUT2D eigenvalue weighted by Gasteiger charge is -2.52. The van der Waals surface area contributed by atoms with Crippen molar-refractivity contribution in [2.24, 2.45) is 0 Å². The van der Waals surface area contributed by atoms with Gasteiger partial charge in [-0.05, 0) is 12.1 Å². The number of nitrogens with zero attached hydrogens (tertiary/aromatic N) is 3. The minimum absolute atomic E-state index is 0.0262. The second-order valence-corrected chi connectivity index (χ2v) is 6.66. The largest absolute Gasteiger partial charge is 0.484 e. The Kier molecular flexibility index (Phi) is 4.71. The third-order valence-electron chi connectivity index (χ3n) is 4.69. The minimum Gasteiger partial charge on any atom is -0.484 e. The van der Waals surface area contributed by atoms with E-state index in [1.807, 2.05) is 30.3 Å². The van der Waals surface area contributed by atoms with Crippen LogP contribution in [0.5, 0.6) is 11.6 Å². The second-order valence-electron chi connectivity index (χ2n) is 6.66. The van der Waals surface area contributed by atoms with Crippen molar-refractivity contribution in [3.63, 3.8) is 0 Å². The van der Waals surface area contributed by atoms with E-state index >= 15 is 0 Å². The van der Waals surface area contributed by atoms with Crippen molar-refractivity contribution in [2.45, 2.75) is 24.5 Å². The molecule has 0 radical (unpaired) electrons. The average Bonchev–Trinajstić information content (AvgIpc) is 2.66. The lowest BCUT2D eigenvalue weighted by Crippen LogP contribution is -2.68. The number of benzene rings is 1. The summed E-state index contributed by atoms with van der Waals surface area (Å²) < 4.78 is 17.4. The van der Waals surface area contributed by atoms with Gasteiger partial charge in [0.1, 0.15) is 17.5 Å². The van der Waals surface area contributed by atoms with Gasteiger partial charge in [-0.15, -0.1) is 0 Å². The molecule has 2 aliphatic heterocycles. The highest BCUT2D eigenvalue weighted by atomic mass is 16.5. The molecule has 26 heavy (non-hydrogen) atoms. The van der Waals surface area contributed by atoms with Crippen LogP contribution in [0.2, 0.25) is 0 Å². The van der Waals surface area contributed by atoms with Crippen molar-refractivity contribution < 1.29 is 19.0 Å². The van der Waals surface area contributed by atoms with Gasteiger partial charge >= 0.3 is 0 Å². The number of para-hydroxylation sites is 1. The molecule has 4 rings (SSSR count). The number of hydrogen-bond donors (Lipinski definition) is 0. The van der Waals surface area contributed by atoms with E-state index in [-0.39, 0.29) is 24.2 Å². The van der Waals surface area contributed by atoms with E-state index in [1.165, 1.54) is 0 Å². The molecule has 0 aliphatic carbocycles. The van der Waals surface area contributed by atoms with Crippen molar-refractivity contribution in [3.05, 3.63) is 48.9 Å². The molecule has 1 aromatic heterocycles. The van der Waals surface area contributed by atoms with E-state index in [9.17, 15) is 4.79 Å². The Hall–Kier alpha value is -2.67. The Balaban J connectivity index is 1.26. The number of carbonyl (C=O) groups is 1. The highest BCUT2D eigenvalue weighted by Gasteiger charge is 2.50. The number of hydrogen-bond acceptors (Lipinski definition) is 6. The summed E-state index contributed by atoms with van der Waals surface area (Å²) in [5.74, 6) is 1.19. The first-order valence-electron chi connectivity index (χ1n) is 8.75. The predicted octanol–water partition coefficient (Wildman–Crippen LogP) is 1.69. The summed E-state index contributed by atoms with van der Waals surface area (Å²) in [6.07, 6.45) is 6.42. The van der Waals surface area contributed by atoms with Crippen molar-refractivity contribution >= 4 is 5.91 Å². The Morgan fingerprint density at radius 1 is 1.27 bits per heavy atom. The zero-order valence-corrected chi connectivity index (χ0v) is 14.4. The molecule has 1 amide bonds. The molecule has 0 saturated carbocycles. The highest BCUT2D eigenvalue weighted by molar-refractivity contribution is 5.79. The number of aromatic nitrogens is 2. The molecule has 2 aromatic rings. The van der Waals surface area contributed by atoms with Crippen LogP contribution in [0.1, 0.15) is 12.8 Å². The molecule has 2 fully saturated rings. The Labute approximate surface area is 151 Å². The number of rotatable bonds is 5. The fraction of sp³-hybridized carbons (Fsp3) is 0.421. The van der Waals surface area contributed by atoms with Crippen LogP contribution in [0.4, 0.5) is 0 Å². The van der Waals surface area contributed by atoms with Crippen LogP contribution >= 0.6 is 0 Å². The molecule has 2 saturated heterocycles. The van der Waals surface area contributed by atoms with Crippen LogP contribution in [-0.4, -0.2) is 58.8 Å². The van der Waals surface area contributed by atoms with Crippen LogP contribution in [0, 0.1) is 0 Å². The standard InChI is InChI=1S/C19H21N3O4/c23-18(12-24-15-4-2-1-3-5-15)22-13-19(14-22)10-16(6-9-25-19)26-17-11-20-7-8-21-17/h1-5,7-8,11,16H,6,9-10,12-14H2/t16-/m1/s1. The highest BCUT2D eigenvalue weighted by Crippen LogP contribution is 2.35. The molecule has 7 nitrogen and oxygen atoms in total. The van der Waals surface area contributed by atoms with Crippen LogP contribution in [-0.2, 0) is 9.53 Å². The zero-order valence-electron chi connectivity index (χ0n) is 14.4. The molecule has 1 spiro atoms. The van der Waals surface area contributed by atoms with Gasteiger partial charge in [0.15, 0.2) is 6.61 Å². The Morgan fingerprint density at radius 3 is 2.88 bits per heavy atom. The van der Waals surface area contributed by atoms with Gasteiger partial charge in [0.2, 0.25) is 5.88 Å². The molecule has 1 aromatic carbocycles. The third kappa shape index (κ3) is 3.77. The Bertz CT molecular complexity index is 735. The maximum absolute atomic E-state index is 12.3. The maximum Gasteiger partial charge on any atom is 0.260 e. The van der Waals surface area contributed by atoms with Gasteiger partial charge < -0.3 is 19.1 Å². The molecular formula is C19H21N3O4. The summed E-state index contributed by atoms with van der Waals surface area (Å²) >= 11 is 0. The van der Waals surface area contributed by atoms with Crippen LogP contribution in [0.15, 0.2) is 48.9 Å². The lowest BCUT2D eigenvalue weighted by atomic mass is 9.84. The number of likely N-dealkylation sites (tertiary alicyclic amines) is 1. The maximum atomic E-state index is 12.3. The van der Waals surface area contributed by atoms with Gasteiger partial charge in [-0.1, -0.05) is 18.2 Å². The molecule has 2 aliphatic rings. The molecule has 7 heteroatoms. The van der Waals surface area contributed by atoms with Crippen molar-refractivity contribution in [1.29, 1.82) is 0 Å². The monoisotopic (exact) mass is 355 g/mol. The van der Waals surface area contributed by atoms with Gasteiger partial charge in [0.25, 0.3) is 5.91 Å².